The van der Waals surface area contributed by atoms with Crippen molar-refractivity contribution in [2.24, 2.45) is 0 Å². The van der Waals surface area contributed by atoms with Crippen LogP contribution in [0.2, 0.25) is 5.02 Å². The van der Waals surface area contributed by atoms with Gasteiger partial charge in [-0.2, -0.15) is 0 Å². The van der Waals surface area contributed by atoms with E-state index in [1.165, 1.54) is 18.1 Å². The molecule has 0 aliphatic carbocycles. The molecular weight excluding hydrogens is 412 g/mol. The Morgan fingerprint density at radius 2 is 2.14 bits per heavy atom. The van der Waals surface area contributed by atoms with E-state index in [1.807, 2.05) is 18.2 Å². The predicted molar refractivity (Wildman–Crippen MR) is 115 cm³/mol. The van der Waals surface area contributed by atoms with Crippen LogP contribution in [0.5, 0.6) is 0 Å². The van der Waals surface area contributed by atoms with Crippen LogP contribution in [0.4, 0.5) is 0 Å². The van der Waals surface area contributed by atoms with Gasteiger partial charge in [-0.15, -0.1) is 11.3 Å². The smallest absolute Gasteiger partial charge is 0.177 e. The minimum Gasteiger partial charge on any atom is -0.312 e. The lowest BCUT2D eigenvalue weighted by atomic mass is 10.1. The van der Waals surface area contributed by atoms with Crippen molar-refractivity contribution in [1.82, 2.24) is 29.8 Å². The Morgan fingerprint density at radius 3 is 2.93 bits per heavy atom. The molecule has 0 saturated carbocycles. The van der Waals surface area contributed by atoms with Crippen molar-refractivity contribution < 1.29 is 0 Å². The normalized spacial score (nSPS) is 12.3. The molecule has 28 heavy (non-hydrogen) atoms. The first-order chi connectivity index (χ1) is 13.4. The number of halogens is 1. The summed E-state index contributed by atoms with van der Waals surface area (Å²) in [5, 5.41) is 5.09. The highest BCUT2D eigenvalue weighted by Gasteiger charge is 2.17. The van der Waals surface area contributed by atoms with Gasteiger partial charge in [-0.25, -0.2) is 19.9 Å². The zero-order valence-corrected chi connectivity index (χ0v) is 18.3. The molecule has 145 valence electrons. The van der Waals surface area contributed by atoms with Crippen LogP contribution < -0.4 is 5.32 Å². The van der Waals surface area contributed by atoms with E-state index in [0.29, 0.717) is 5.52 Å². The Morgan fingerprint density at radius 1 is 1.29 bits per heavy atom. The molecule has 0 bridgehead atoms. The standard InChI is InChI=1S/C19H20ClN6S2/c1-19(2,3)23-8-5-9-26-16-14(10-21-11-22-16)24-17(26)28-18-25-13-7-4-6-12(20)15(13)27-18/h4,6-7,11,23H,5,8-9H2,1-3H3. The fourth-order valence-corrected chi connectivity index (χ4v) is 5.15. The van der Waals surface area contributed by atoms with Crippen LogP contribution in [0.15, 0.2) is 34.0 Å². The van der Waals surface area contributed by atoms with Crippen LogP contribution in [0.1, 0.15) is 27.2 Å². The van der Waals surface area contributed by atoms with Crippen molar-refractivity contribution in [2.45, 2.75) is 48.8 Å². The average molecular weight is 432 g/mol. The summed E-state index contributed by atoms with van der Waals surface area (Å²) in [6, 6.07) is 5.78. The summed E-state index contributed by atoms with van der Waals surface area (Å²) in [5.41, 5.74) is 2.48. The van der Waals surface area contributed by atoms with Crippen LogP contribution >= 0.6 is 34.7 Å². The van der Waals surface area contributed by atoms with E-state index in [0.717, 1.165) is 49.9 Å². The van der Waals surface area contributed by atoms with E-state index in [2.05, 4.69) is 51.8 Å². The molecule has 4 aromatic rings. The van der Waals surface area contributed by atoms with E-state index in [1.54, 1.807) is 11.3 Å². The molecule has 9 heteroatoms. The SMILES string of the molecule is CC(C)(C)NCCCn1c(Sc2nc3cccc(Cl)c3s2)nc2[c]ncnc21. The van der Waals surface area contributed by atoms with Crippen molar-refractivity contribution in [3.63, 3.8) is 0 Å². The fourth-order valence-electron chi connectivity index (χ4n) is 2.80. The number of nitrogens with zero attached hydrogens (tertiary/aromatic N) is 5. The molecule has 0 spiro atoms. The van der Waals surface area contributed by atoms with E-state index < -0.39 is 0 Å². The maximum absolute atomic E-state index is 6.30. The van der Waals surface area contributed by atoms with E-state index >= 15 is 0 Å². The summed E-state index contributed by atoms with van der Waals surface area (Å²) in [4.78, 5) is 17.8. The Labute approximate surface area is 176 Å². The Kier molecular flexibility index (Phi) is 5.55. The number of rotatable bonds is 6. The third kappa shape index (κ3) is 4.30. The zero-order valence-electron chi connectivity index (χ0n) is 15.9. The first-order valence-corrected chi connectivity index (χ1v) is 11.0. The summed E-state index contributed by atoms with van der Waals surface area (Å²) in [6.07, 6.45) is 5.41. The van der Waals surface area contributed by atoms with Gasteiger partial charge in [-0.05, 0) is 57.6 Å². The molecule has 1 N–H and O–H groups in total. The minimum atomic E-state index is 0.102. The minimum absolute atomic E-state index is 0.102. The van der Waals surface area contributed by atoms with Crippen LogP contribution in [0.3, 0.4) is 0 Å². The zero-order chi connectivity index (χ0) is 19.7. The second-order valence-electron chi connectivity index (χ2n) is 7.40. The van der Waals surface area contributed by atoms with Crippen molar-refractivity contribution >= 4 is 56.1 Å². The highest BCUT2D eigenvalue weighted by Crippen LogP contribution is 2.37. The maximum atomic E-state index is 6.30. The number of thiazole rings is 1. The lowest BCUT2D eigenvalue weighted by Crippen LogP contribution is -2.36. The molecule has 0 unspecified atom stereocenters. The van der Waals surface area contributed by atoms with Gasteiger partial charge in [0.2, 0.25) is 0 Å². The summed E-state index contributed by atoms with van der Waals surface area (Å²) in [7, 11) is 0. The van der Waals surface area contributed by atoms with Gasteiger partial charge < -0.3 is 9.88 Å². The topological polar surface area (TPSA) is 68.5 Å². The van der Waals surface area contributed by atoms with Gasteiger partial charge in [0, 0.05) is 12.1 Å². The first-order valence-electron chi connectivity index (χ1n) is 8.97. The third-order valence-electron chi connectivity index (χ3n) is 4.05. The van der Waals surface area contributed by atoms with Crippen molar-refractivity contribution in [3.8, 4) is 0 Å². The van der Waals surface area contributed by atoms with Crippen LogP contribution in [-0.2, 0) is 6.54 Å². The molecule has 0 atom stereocenters. The van der Waals surface area contributed by atoms with Crippen LogP contribution in [-0.4, -0.2) is 36.6 Å². The maximum Gasteiger partial charge on any atom is 0.177 e. The number of fused-ring (bicyclic) bond motifs is 2. The van der Waals surface area contributed by atoms with Gasteiger partial charge in [0.25, 0.3) is 0 Å². The number of imidazole rings is 1. The monoisotopic (exact) mass is 431 g/mol. The van der Waals surface area contributed by atoms with Gasteiger partial charge >= 0.3 is 0 Å². The molecule has 1 aromatic carbocycles. The molecule has 4 rings (SSSR count). The molecule has 1 radical (unpaired) electrons. The number of hydrogen-bond acceptors (Lipinski definition) is 7. The summed E-state index contributed by atoms with van der Waals surface area (Å²) >= 11 is 9.41. The van der Waals surface area contributed by atoms with Gasteiger partial charge in [0.05, 0.1) is 15.2 Å². The van der Waals surface area contributed by atoms with Gasteiger partial charge in [-0.3, -0.25) is 0 Å². The average Bonchev–Trinajstić information content (AvgIpc) is 3.20. The molecule has 0 aliphatic heterocycles. The van der Waals surface area contributed by atoms with E-state index in [-0.39, 0.29) is 5.54 Å². The number of nitrogens with one attached hydrogen (secondary N) is 1. The Balaban J connectivity index is 1.61. The lowest BCUT2D eigenvalue weighted by Gasteiger charge is -2.20. The molecular formula is C19H20ClN6S2. The molecule has 0 amide bonds. The Bertz CT molecular complexity index is 1110. The summed E-state index contributed by atoms with van der Waals surface area (Å²) < 4.78 is 4.02. The first kappa shape index (κ1) is 19.6. The van der Waals surface area contributed by atoms with E-state index in [9.17, 15) is 0 Å². The van der Waals surface area contributed by atoms with Gasteiger partial charge in [-0.1, -0.05) is 17.7 Å². The summed E-state index contributed by atoms with van der Waals surface area (Å²) in [6.45, 7) is 8.22. The van der Waals surface area contributed by atoms with Gasteiger partial charge in [0.1, 0.15) is 18.0 Å². The number of aryl methyl sites for hydroxylation is 1. The van der Waals surface area contributed by atoms with Crippen LogP contribution in [0, 0.1) is 6.20 Å². The lowest BCUT2D eigenvalue weighted by molar-refractivity contribution is 0.412. The third-order valence-corrected chi connectivity index (χ3v) is 6.64. The predicted octanol–water partition coefficient (Wildman–Crippen LogP) is 4.82. The second-order valence-corrected chi connectivity index (χ2v) is 10.0. The van der Waals surface area contributed by atoms with Gasteiger partial charge in [0.15, 0.2) is 15.1 Å². The molecule has 0 aliphatic rings. The second kappa shape index (κ2) is 7.94. The largest absolute Gasteiger partial charge is 0.312 e. The highest BCUT2D eigenvalue weighted by molar-refractivity contribution is 8.01. The molecule has 6 nitrogen and oxygen atoms in total. The Hall–Kier alpha value is -1.74. The highest BCUT2D eigenvalue weighted by atomic mass is 35.5. The number of aromatic nitrogens is 5. The van der Waals surface area contributed by atoms with Crippen molar-refractivity contribution in [3.05, 3.63) is 35.7 Å². The quantitative estimate of drug-likeness (QED) is 0.441. The summed E-state index contributed by atoms with van der Waals surface area (Å²) in [5.74, 6) is 0. The van der Waals surface area contributed by atoms with Crippen LogP contribution in [0.25, 0.3) is 21.4 Å². The fraction of sp³-hybridized carbons (Fsp3) is 0.368. The molecule has 0 saturated heterocycles. The number of benzene rings is 1. The van der Waals surface area contributed by atoms with E-state index in [4.69, 9.17) is 16.6 Å². The van der Waals surface area contributed by atoms with Crippen molar-refractivity contribution in [1.29, 1.82) is 0 Å². The molecule has 3 heterocycles. The number of hydrogen-bond donors (Lipinski definition) is 1. The van der Waals surface area contributed by atoms with Crippen molar-refractivity contribution in [2.75, 3.05) is 6.54 Å². The molecule has 3 aromatic heterocycles. The molecule has 0 fully saturated rings.